The summed E-state index contributed by atoms with van der Waals surface area (Å²) < 4.78 is 7.97. The Morgan fingerprint density at radius 3 is 2.42 bits per heavy atom. The van der Waals surface area contributed by atoms with E-state index in [0.29, 0.717) is 0 Å². The van der Waals surface area contributed by atoms with Gasteiger partial charge in [-0.3, -0.25) is 0 Å². The average Bonchev–Trinajstić information content (AvgIpc) is 3.30. The van der Waals surface area contributed by atoms with Crippen LogP contribution in [-0.2, 0) is 0 Å². The third-order valence-corrected chi connectivity index (χ3v) is 4.05. The highest BCUT2D eigenvalue weighted by molar-refractivity contribution is 5.57. The molecule has 4 aromatic rings. The average molecular weight is 315 g/mol. The van der Waals surface area contributed by atoms with Gasteiger partial charge in [-0.05, 0) is 24.6 Å². The molecule has 0 aliphatic heterocycles. The molecule has 0 aliphatic rings. The topological polar surface area (TPSA) is 43.9 Å². The number of furan rings is 1. The number of hydrogen-bond donors (Lipinski definition) is 0. The van der Waals surface area contributed by atoms with Gasteiger partial charge >= 0.3 is 0 Å². The van der Waals surface area contributed by atoms with Crippen LogP contribution in [-0.4, -0.2) is 14.8 Å². The highest BCUT2D eigenvalue weighted by Gasteiger charge is 2.21. The summed E-state index contributed by atoms with van der Waals surface area (Å²) in [5.41, 5.74) is 3.39. The maximum absolute atomic E-state index is 6.15. The van der Waals surface area contributed by atoms with Gasteiger partial charge in [-0.2, -0.15) is 5.10 Å². The van der Waals surface area contributed by atoms with Gasteiger partial charge in [0.25, 0.3) is 0 Å². The largest absolute Gasteiger partial charge is 0.458 e. The van der Waals surface area contributed by atoms with Crippen LogP contribution in [0.3, 0.4) is 0 Å². The lowest BCUT2D eigenvalue weighted by atomic mass is 10.0. The molecule has 2 heterocycles. The number of aryl methyl sites for hydroxylation is 1. The molecule has 0 radical (unpaired) electrons. The summed E-state index contributed by atoms with van der Waals surface area (Å²) in [4.78, 5) is 4.09. The fraction of sp³-hybridized carbons (Fsp3) is 0.100. The SMILES string of the molecule is Cc1ccc(C(c2ccc(-c3ccccc3)o2)n2cncn2)cc1. The quantitative estimate of drug-likeness (QED) is 0.557. The fourth-order valence-corrected chi connectivity index (χ4v) is 2.80. The predicted octanol–water partition coefficient (Wildman–Crippen LogP) is 4.48. The first kappa shape index (κ1) is 14.5. The van der Waals surface area contributed by atoms with Crippen molar-refractivity contribution >= 4 is 0 Å². The van der Waals surface area contributed by atoms with Crippen molar-refractivity contribution in [3.05, 3.63) is 96.3 Å². The third-order valence-electron chi connectivity index (χ3n) is 4.05. The van der Waals surface area contributed by atoms with Crippen LogP contribution in [0.2, 0.25) is 0 Å². The van der Waals surface area contributed by atoms with Crippen LogP contribution in [0.25, 0.3) is 11.3 Å². The standard InChI is InChI=1S/C20H17N3O/c1-15-7-9-17(10-8-15)20(23-14-21-13-22-23)19-12-11-18(24-19)16-5-3-2-4-6-16/h2-14,20H,1H3. The molecule has 0 N–H and O–H groups in total. The van der Waals surface area contributed by atoms with Gasteiger partial charge in [0.1, 0.15) is 30.2 Å². The molecule has 0 bridgehead atoms. The molecule has 4 rings (SSSR count). The molecule has 0 spiro atoms. The predicted molar refractivity (Wildman–Crippen MR) is 92.6 cm³/mol. The lowest BCUT2D eigenvalue weighted by Gasteiger charge is -2.15. The molecule has 0 amide bonds. The first-order valence-electron chi connectivity index (χ1n) is 7.87. The van der Waals surface area contributed by atoms with E-state index in [4.69, 9.17) is 4.42 Å². The highest BCUT2D eigenvalue weighted by atomic mass is 16.3. The zero-order valence-corrected chi connectivity index (χ0v) is 13.3. The minimum absolute atomic E-state index is 0.134. The molecule has 0 aliphatic carbocycles. The Kier molecular flexibility index (Phi) is 3.71. The Balaban J connectivity index is 1.77. The van der Waals surface area contributed by atoms with E-state index in [2.05, 4.69) is 41.3 Å². The van der Waals surface area contributed by atoms with E-state index in [1.54, 1.807) is 12.7 Å². The Morgan fingerprint density at radius 1 is 0.917 bits per heavy atom. The maximum atomic E-state index is 6.15. The van der Waals surface area contributed by atoms with Gasteiger partial charge in [-0.15, -0.1) is 0 Å². The summed E-state index contributed by atoms with van der Waals surface area (Å²) in [5, 5.41) is 4.32. The van der Waals surface area contributed by atoms with E-state index in [1.165, 1.54) is 5.56 Å². The highest BCUT2D eigenvalue weighted by Crippen LogP contribution is 2.31. The molecular weight excluding hydrogens is 298 g/mol. The smallest absolute Gasteiger partial charge is 0.137 e. The number of nitrogens with zero attached hydrogens (tertiary/aromatic N) is 3. The van der Waals surface area contributed by atoms with E-state index in [0.717, 1.165) is 22.6 Å². The van der Waals surface area contributed by atoms with Crippen LogP contribution in [0.1, 0.15) is 22.9 Å². The van der Waals surface area contributed by atoms with Crippen molar-refractivity contribution in [2.75, 3.05) is 0 Å². The summed E-state index contributed by atoms with van der Waals surface area (Å²) in [7, 11) is 0. The molecule has 4 heteroatoms. The van der Waals surface area contributed by atoms with Crippen molar-refractivity contribution in [2.45, 2.75) is 13.0 Å². The normalized spacial score (nSPS) is 12.2. The first-order chi connectivity index (χ1) is 11.8. The van der Waals surface area contributed by atoms with Gasteiger partial charge in [0.05, 0.1) is 0 Å². The van der Waals surface area contributed by atoms with Gasteiger partial charge in [0, 0.05) is 5.56 Å². The minimum Gasteiger partial charge on any atom is -0.458 e. The molecule has 0 saturated carbocycles. The first-order valence-corrected chi connectivity index (χ1v) is 7.87. The summed E-state index contributed by atoms with van der Waals surface area (Å²) in [6.45, 7) is 2.08. The second-order valence-electron chi connectivity index (χ2n) is 5.76. The second kappa shape index (κ2) is 6.16. The van der Waals surface area contributed by atoms with Crippen LogP contribution in [0, 0.1) is 6.92 Å². The number of aromatic nitrogens is 3. The van der Waals surface area contributed by atoms with E-state index in [9.17, 15) is 0 Å². The van der Waals surface area contributed by atoms with Gasteiger partial charge in [0.2, 0.25) is 0 Å². The second-order valence-corrected chi connectivity index (χ2v) is 5.76. The summed E-state index contributed by atoms with van der Waals surface area (Å²) >= 11 is 0. The molecule has 2 aromatic heterocycles. The summed E-state index contributed by atoms with van der Waals surface area (Å²) in [6, 6.07) is 22.4. The molecule has 2 aromatic carbocycles. The van der Waals surface area contributed by atoms with Crippen LogP contribution in [0.5, 0.6) is 0 Å². The van der Waals surface area contributed by atoms with Crippen LogP contribution in [0.4, 0.5) is 0 Å². The zero-order chi connectivity index (χ0) is 16.4. The monoisotopic (exact) mass is 315 g/mol. The molecule has 0 fully saturated rings. The van der Waals surface area contributed by atoms with Gasteiger partial charge in [-0.1, -0.05) is 60.2 Å². The van der Waals surface area contributed by atoms with Crippen molar-refractivity contribution in [3.63, 3.8) is 0 Å². The Hall–Kier alpha value is -3.14. The number of benzene rings is 2. The number of rotatable bonds is 4. The Morgan fingerprint density at radius 2 is 1.71 bits per heavy atom. The zero-order valence-electron chi connectivity index (χ0n) is 13.3. The summed E-state index contributed by atoms with van der Waals surface area (Å²) in [6.07, 6.45) is 3.26. The lowest BCUT2D eigenvalue weighted by molar-refractivity contribution is 0.448. The number of hydrogen-bond acceptors (Lipinski definition) is 3. The molecule has 118 valence electrons. The minimum atomic E-state index is -0.134. The van der Waals surface area contributed by atoms with Gasteiger partial charge in [-0.25, -0.2) is 9.67 Å². The van der Waals surface area contributed by atoms with Crippen molar-refractivity contribution in [3.8, 4) is 11.3 Å². The van der Waals surface area contributed by atoms with Gasteiger partial charge < -0.3 is 4.42 Å². The van der Waals surface area contributed by atoms with Crippen LogP contribution >= 0.6 is 0 Å². The van der Waals surface area contributed by atoms with Gasteiger partial charge in [0.15, 0.2) is 0 Å². The Bertz CT molecular complexity index is 909. The van der Waals surface area contributed by atoms with Crippen LogP contribution < -0.4 is 0 Å². The van der Waals surface area contributed by atoms with Crippen molar-refractivity contribution in [1.29, 1.82) is 0 Å². The van der Waals surface area contributed by atoms with Crippen LogP contribution in [0.15, 0.2) is 83.8 Å². The summed E-state index contributed by atoms with van der Waals surface area (Å²) in [5.74, 6) is 1.69. The van der Waals surface area contributed by atoms with Crippen molar-refractivity contribution < 1.29 is 4.42 Å². The van der Waals surface area contributed by atoms with Crippen molar-refractivity contribution in [2.24, 2.45) is 0 Å². The van der Waals surface area contributed by atoms with E-state index >= 15 is 0 Å². The van der Waals surface area contributed by atoms with E-state index in [1.807, 2.05) is 47.1 Å². The molecule has 0 saturated heterocycles. The third kappa shape index (κ3) is 2.74. The lowest BCUT2D eigenvalue weighted by Crippen LogP contribution is -2.12. The molecule has 24 heavy (non-hydrogen) atoms. The maximum Gasteiger partial charge on any atom is 0.137 e. The molecular formula is C20H17N3O. The van der Waals surface area contributed by atoms with E-state index in [-0.39, 0.29) is 6.04 Å². The molecule has 1 unspecified atom stereocenters. The molecule has 4 nitrogen and oxygen atoms in total. The molecule has 1 atom stereocenters. The van der Waals surface area contributed by atoms with E-state index < -0.39 is 0 Å². The fourth-order valence-electron chi connectivity index (χ4n) is 2.80. The van der Waals surface area contributed by atoms with Crippen molar-refractivity contribution in [1.82, 2.24) is 14.8 Å². The Labute approximate surface area is 140 Å².